The molecule has 0 amide bonds. The summed E-state index contributed by atoms with van der Waals surface area (Å²) >= 11 is 12.2. The molecule has 5 rings (SSSR count). The van der Waals surface area contributed by atoms with E-state index in [2.05, 4.69) is 15.3 Å². The molecule has 0 unspecified atom stereocenters. The number of halogens is 5. The van der Waals surface area contributed by atoms with E-state index in [0.29, 0.717) is 41.9 Å². The highest BCUT2D eigenvalue weighted by molar-refractivity contribution is 7.90. The maximum absolute atomic E-state index is 13.0. The minimum Gasteiger partial charge on any atom is -0.479 e. The first kappa shape index (κ1) is 29.3. The van der Waals surface area contributed by atoms with Crippen LogP contribution in [0.2, 0.25) is 10.0 Å². The zero-order valence-electron chi connectivity index (χ0n) is 21.1. The van der Waals surface area contributed by atoms with Gasteiger partial charge in [0.25, 0.3) is 0 Å². The van der Waals surface area contributed by atoms with Gasteiger partial charge in [-0.3, -0.25) is 0 Å². The Morgan fingerprint density at radius 1 is 0.854 bits per heavy atom. The van der Waals surface area contributed by atoms with Gasteiger partial charge in [0.2, 0.25) is 0 Å². The molecule has 1 fully saturated rings. The summed E-state index contributed by atoms with van der Waals surface area (Å²) in [5.74, 6) is 0.182. The zero-order valence-corrected chi connectivity index (χ0v) is 23.4. The fraction of sp³-hybridized carbons (Fsp3) is 0.259. The first-order valence-electron chi connectivity index (χ1n) is 12.4. The van der Waals surface area contributed by atoms with Crippen LogP contribution in [0.3, 0.4) is 0 Å². The molecule has 0 saturated carbocycles. The number of aromatic nitrogens is 2. The molecule has 41 heavy (non-hydrogen) atoms. The number of hydrogen-bond acceptors (Lipinski definition) is 7. The van der Waals surface area contributed by atoms with Crippen molar-refractivity contribution in [2.45, 2.75) is 30.0 Å². The third kappa shape index (κ3) is 5.67. The summed E-state index contributed by atoms with van der Waals surface area (Å²) in [5.41, 5.74) is -5.25. The minimum absolute atomic E-state index is 0.0702. The van der Waals surface area contributed by atoms with Crippen molar-refractivity contribution in [1.82, 2.24) is 14.3 Å². The van der Waals surface area contributed by atoms with Crippen LogP contribution in [0.1, 0.15) is 29.5 Å². The van der Waals surface area contributed by atoms with Crippen molar-refractivity contribution in [2.75, 3.05) is 18.4 Å². The molecule has 0 spiro atoms. The van der Waals surface area contributed by atoms with Gasteiger partial charge >= 0.3 is 21.5 Å². The number of rotatable bonds is 6. The Hall–Kier alpha value is -3.16. The van der Waals surface area contributed by atoms with Gasteiger partial charge in [-0.05, 0) is 65.9 Å². The van der Waals surface area contributed by atoms with Crippen molar-refractivity contribution in [1.29, 1.82) is 0 Å². The van der Waals surface area contributed by atoms with Crippen LogP contribution < -0.4 is 5.32 Å². The molecular weight excluding hydrogens is 604 g/mol. The lowest BCUT2D eigenvalue weighted by Gasteiger charge is -2.32. The number of piperidine rings is 1. The van der Waals surface area contributed by atoms with E-state index in [9.17, 15) is 31.8 Å². The molecule has 0 radical (unpaired) electrons. The highest BCUT2D eigenvalue weighted by atomic mass is 35.5. The fourth-order valence-corrected chi connectivity index (χ4v) is 6.15. The lowest BCUT2D eigenvalue weighted by atomic mass is 9.80. The number of hydrogen-bond donors (Lipinski definition) is 3. The molecule has 1 aliphatic heterocycles. The Balaban J connectivity index is 1.52. The average Bonchev–Trinajstić information content (AvgIpc) is 2.93. The third-order valence-corrected chi connectivity index (χ3v) is 9.19. The highest BCUT2D eigenvalue weighted by Gasteiger charge is 2.50. The normalized spacial score (nSPS) is 15.8. The third-order valence-electron chi connectivity index (χ3n) is 7.05. The summed E-state index contributed by atoms with van der Waals surface area (Å²) in [6.45, 7) is -0.681. The molecule has 1 saturated heterocycles. The quantitative estimate of drug-likeness (QED) is 0.237. The summed E-state index contributed by atoms with van der Waals surface area (Å²) in [7, 11) is -5.42. The highest BCUT2D eigenvalue weighted by Crippen LogP contribution is 2.40. The Morgan fingerprint density at radius 3 is 1.88 bits per heavy atom. The molecule has 0 aliphatic carbocycles. The summed E-state index contributed by atoms with van der Waals surface area (Å²) in [5, 5.41) is 26.9. The van der Waals surface area contributed by atoms with Gasteiger partial charge in [-0.2, -0.15) is 27.4 Å². The standard InChI is InChI=1S/C27H23Cl2F3N4O4S/c28-19-6-1-16(2-7-19)26(38,17-3-8-20(29)9-4-17)18-5-10-23-22(15-18)24(35-25(37)34-23)33-21-11-13-36(14-12-21)41(39,40)27(30,31)32/h1-10,15,21,38H,11-14H2,(H2,33,34,35,37). The van der Waals surface area contributed by atoms with Gasteiger partial charge in [0.15, 0.2) is 0 Å². The van der Waals surface area contributed by atoms with E-state index in [-0.39, 0.29) is 31.7 Å². The van der Waals surface area contributed by atoms with Gasteiger partial charge in [0, 0.05) is 34.6 Å². The summed E-state index contributed by atoms with van der Waals surface area (Å²) in [6, 6.07) is 17.3. The van der Waals surface area contributed by atoms with E-state index < -0.39 is 33.2 Å². The average molecular weight is 627 g/mol. The van der Waals surface area contributed by atoms with Crippen molar-refractivity contribution in [3.63, 3.8) is 0 Å². The van der Waals surface area contributed by atoms with Crippen LogP contribution in [0.25, 0.3) is 10.9 Å². The predicted octanol–water partition coefficient (Wildman–Crippen LogP) is 5.65. The van der Waals surface area contributed by atoms with Crippen LogP contribution in [0.15, 0.2) is 66.7 Å². The van der Waals surface area contributed by atoms with Crippen LogP contribution >= 0.6 is 23.2 Å². The number of alkyl halides is 3. The number of nitrogens with one attached hydrogen (secondary N) is 1. The first-order valence-corrected chi connectivity index (χ1v) is 14.6. The Bertz CT molecular complexity index is 1630. The summed E-state index contributed by atoms with van der Waals surface area (Å²) < 4.78 is 62.9. The van der Waals surface area contributed by atoms with Crippen molar-refractivity contribution in [3.05, 3.63) is 93.5 Å². The molecular formula is C27H23Cl2F3N4O4S. The lowest BCUT2D eigenvalue weighted by molar-refractivity contribution is -0.0494. The molecule has 3 N–H and O–H groups in total. The Labute approximate surface area is 243 Å². The molecule has 0 atom stereocenters. The van der Waals surface area contributed by atoms with Gasteiger partial charge < -0.3 is 15.5 Å². The van der Waals surface area contributed by atoms with E-state index in [1.807, 2.05) is 0 Å². The van der Waals surface area contributed by atoms with Crippen molar-refractivity contribution in [2.24, 2.45) is 0 Å². The molecule has 14 heteroatoms. The number of aliphatic hydroxyl groups is 1. The van der Waals surface area contributed by atoms with Crippen LogP contribution in [-0.4, -0.2) is 57.5 Å². The van der Waals surface area contributed by atoms with E-state index in [1.165, 1.54) is 0 Å². The molecule has 4 aromatic rings. The molecule has 216 valence electrons. The molecule has 0 bridgehead atoms. The molecule has 1 aromatic heterocycles. The number of sulfonamides is 1. The number of aromatic hydroxyl groups is 1. The van der Waals surface area contributed by atoms with Gasteiger partial charge in [-0.1, -0.05) is 53.5 Å². The molecule has 1 aliphatic rings. The first-order chi connectivity index (χ1) is 19.3. The van der Waals surface area contributed by atoms with Crippen LogP contribution in [0, 0.1) is 0 Å². The Kier molecular flexibility index (Phi) is 7.81. The smallest absolute Gasteiger partial charge is 0.479 e. The minimum atomic E-state index is -5.42. The number of nitrogens with zero attached hydrogens (tertiary/aromatic N) is 3. The van der Waals surface area contributed by atoms with E-state index >= 15 is 0 Å². The number of benzene rings is 3. The maximum Gasteiger partial charge on any atom is 0.511 e. The lowest BCUT2D eigenvalue weighted by Crippen LogP contribution is -2.47. The van der Waals surface area contributed by atoms with E-state index in [0.717, 1.165) is 0 Å². The largest absolute Gasteiger partial charge is 0.511 e. The van der Waals surface area contributed by atoms with E-state index in [4.69, 9.17) is 23.2 Å². The maximum atomic E-state index is 13.0. The van der Waals surface area contributed by atoms with Crippen molar-refractivity contribution < 1.29 is 31.8 Å². The number of fused-ring (bicyclic) bond motifs is 1. The van der Waals surface area contributed by atoms with Crippen LogP contribution in [0.5, 0.6) is 6.01 Å². The van der Waals surface area contributed by atoms with Gasteiger partial charge in [-0.25, -0.2) is 8.42 Å². The Morgan fingerprint density at radius 2 is 1.37 bits per heavy atom. The monoisotopic (exact) mass is 626 g/mol. The van der Waals surface area contributed by atoms with Gasteiger partial charge in [-0.15, -0.1) is 0 Å². The SMILES string of the molecule is O=S(=O)(N1CCC(Nc2nc(O)nc3ccc(C(O)(c4ccc(Cl)cc4)c4ccc(Cl)cc4)cc23)CC1)C(F)(F)F. The fourth-order valence-electron chi connectivity index (χ4n) is 4.91. The van der Waals surface area contributed by atoms with Crippen LogP contribution in [0.4, 0.5) is 19.0 Å². The molecule has 8 nitrogen and oxygen atoms in total. The van der Waals surface area contributed by atoms with Gasteiger partial charge in [0.05, 0.1) is 5.52 Å². The number of anilines is 1. The van der Waals surface area contributed by atoms with Crippen LogP contribution in [-0.2, 0) is 15.6 Å². The van der Waals surface area contributed by atoms with Gasteiger partial charge in [0.1, 0.15) is 11.4 Å². The second-order valence-electron chi connectivity index (χ2n) is 9.60. The predicted molar refractivity (Wildman–Crippen MR) is 149 cm³/mol. The van der Waals surface area contributed by atoms with Crippen molar-refractivity contribution >= 4 is 49.9 Å². The summed E-state index contributed by atoms with van der Waals surface area (Å²) in [6.07, 6.45) is 0.140. The van der Waals surface area contributed by atoms with E-state index in [1.54, 1.807) is 66.7 Å². The summed E-state index contributed by atoms with van der Waals surface area (Å²) in [4.78, 5) is 8.17. The van der Waals surface area contributed by atoms with Crippen molar-refractivity contribution in [3.8, 4) is 6.01 Å². The second-order valence-corrected chi connectivity index (χ2v) is 12.4. The zero-order chi connectivity index (χ0) is 29.6. The second kappa shape index (κ2) is 10.9. The topological polar surface area (TPSA) is 116 Å². The molecule has 3 aromatic carbocycles. The molecule has 2 heterocycles.